The maximum absolute atomic E-state index is 14.1. The molecule has 6 atom stereocenters. The second kappa shape index (κ2) is 13.0. The first-order valence-electron chi connectivity index (χ1n) is 19.0. The molecule has 0 spiro atoms. The average Bonchev–Trinajstić information content (AvgIpc) is 3.73. The molecule has 1 aromatic carbocycles. The summed E-state index contributed by atoms with van der Waals surface area (Å²) in [6, 6.07) is 4.71. The predicted octanol–water partition coefficient (Wildman–Crippen LogP) is 6.01. The van der Waals surface area contributed by atoms with Crippen LogP contribution in [0, 0.1) is 24.2 Å². The zero-order valence-electron chi connectivity index (χ0n) is 33.0. The molecule has 4 saturated carbocycles. The van der Waals surface area contributed by atoms with Gasteiger partial charge in [-0.05, 0) is 109 Å². The Bertz CT molecular complexity index is 1920. The Hall–Kier alpha value is -4.04. The number of rotatable bonds is 8. The summed E-state index contributed by atoms with van der Waals surface area (Å²) in [7, 11) is -0.432. The quantitative estimate of drug-likeness (QED) is 0.192. The van der Waals surface area contributed by atoms with Gasteiger partial charge >= 0.3 is 19.2 Å². The molecule has 8 rings (SSSR count). The second-order valence-corrected chi connectivity index (χ2v) is 18.5. The van der Waals surface area contributed by atoms with Gasteiger partial charge in [-0.3, -0.25) is 9.59 Å². The summed E-state index contributed by atoms with van der Waals surface area (Å²) in [6.07, 6.45) is 2.86. The van der Waals surface area contributed by atoms with Gasteiger partial charge in [0.15, 0.2) is 11.5 Å². The van der Waals surface area contributed by atoms with Crippen molar-refractivity contribution in [2.45, 2.75) is 136 Å². The van der Waals surface area contributed by atoms with Crippen molar-refractivity contribution in [3.63, 3.8) is 0 Å². The first kappa shape index (κ1) is 38.2. The molecular formula is C40H53BN2O11. The maximum atomic E-state index is 14.1. The number of esters is 1. The van der Waals surface area contributed by atoms with Crippen molar-refractivity contribution in [2.24, 2.45) is 17.3 Å². The molecule has 13 nitrogen and oxygen atoms in total. The number of aromatic hydroxyl groups is 1. The van der Waals surface area contributed by atoms with Crippen LogP contribution < -0.4 is 14.9 Å². The van der Waals surface area contributed by atoms with Crippen LogP contribution in [0.3, 0.4) is 0 Å². The van der Waals surface area contributed by atoms with Crippen LogP contribution in [0.1, 0.15) is 109 Å². The van der Waals surface area contributed by atoms with E-state index in [1.165, 1.54) is 16.8 Å². The van der Waals surface area contributed by atoms with Gasteiger partial charge in [0.05, 0.1) is 30.5 Å². The Morgan fingerprint density at radius 3 is 2.31 bits per heavy atom. The highest BCUT2D eigenvalue weighted by atomic mass is 16.7. The zero-order valence-corrected chi connectivity index (χ0v) is 33.0. The molecule has 2 bridgehead atoms. The number of likely N-dealkylation sites (tertiary alicyclic amines) is 1. The number of carbonyl (C=O) groups excluding carboxylic acids is 3. The number of ether oxygens (including phenoxy) is 4. The third kappa shape index (κ3) is 7.00. The fourth-order valence-electron chi connectivity index (χ4n) is 8.89. The van der Waals surface area contributed by atoms with Crippen LogP contribution in [0.15, 0.2) is 29.2 Å². The van der Waals surface area contributed by atoms with E-state index in [1.54, 1.807) is 59.4 Å². The third-order valence-corrected chi connectivity index (χ3v) is 12.1. The van der Waals surface area contributed by atoms with Gasteiger partial charge in [-0.15, -0.1) is 0 Å². The molecule has 2 saturated heterocycles. The SMILES string of the molecule is Cc1c(O)c(=O)ccn1CC(=O)N1CC(Oc2ccc(C3CC3B3O[C@@H]4C[C@@H]5C[C@@H](C5(C)C)[C@]4(C)O3)c(OC(=O)OC(C)(C)C)c2C(=O)OC(C)(C)C)C1. The van der Waals surface area contributed by atoms with E-state index in [2.05, 4.69) is 20.8 Å². The van der Waals surface area contributed by atoms with Gasteiger partial charge in [0.2, 0.25) is 11.3 Å². The topological polar surface area (TPSA) is 152 Å². The number of pyridine rings is 1. The van der Waals surface area contributed by atoms with E-state index >= 15 is 0 Å². The zero-order chi connectivity index (χ0) is 39.3. The molecule has 6 fully saturated rings. The molecule has 2 aromatic rings. The fourth-order valence-corrected chi connectivity index (χ4v) is 8.89. The van der Waals surface area contributed by atoms with Gasteiger partial charge in [0.1, 0.15) is 35.2 Å². The van der Waals surface area contributed by atoms with Crippen molar-refractivity contribution in [1.29, 1.82) is 0 Å². The molecule has 3 heterocycles. The lowest BCUT2D eigenvalue weighted by Gasteiger charge is -2.64. The maximum Gasteiger partial charge on any atom is 0.514 e. The molecule has 292 valence electrons. The molecule has 14 heteroatoms. The first-order chi connectivity index (χ1) is 25.1. The number of aromatic nitrogens is 1. The van der Waals surface area contributed by atoms with E-state index in [0.717, 1.165) is 12.8 Å². The van der Waals surface area contributed by atoms with Crippen molar-refractivity contribution in [1.82, 2.24) is 9.47 Å². The molecule has 1 aromatic heterocycles. The van der Waals surface area contributed by atoms with Crippen molar-refractivity contribution in [3.05, 3.63) is 51.4 Å². The number of amides is 1. The lowest BCUT2D eigenvalue weighted by atomic mass is 9.43. The lowest BCUT2D eigenvalue weighted by molar-refractivity contribution is -0.199. The van der Waals surface area contributed by atoms with Crippen molar-refractivity contribution >= 4 is 25.2 Å². The molecular weight excluding hydrogens is 695 g/mol. The molecule has 1 N–H and O–H groups in total. The molecule has 2 unspecified atom stereocenters. The minimum Gasteiger partial charge on any atom is -0.503 e. The molecule has 6 aliphatic rings. The summed E-state index contributed by atoms with van der Waals surface area (Å²) >= 11 is 0. The van der Waals surface area contributed by atoms with Crippen molar-refractivity contribution in [3.8, 4) is 17.2 Å². The molecule has 0 radical (unpaired) electrons. The standard InChI is InChI=1S/C40H53BN2O11/c1-21-33(46)27(44)13-14-42(21)20-31(45)43-18-23(19-43)49-28-12-11-24(34(50-36(48)52-38(5,6)7)32(28)35(47)51-37(2,3)4)25-17-26(25)41-53-30-16-22-15-29(39(22,8)9)40(30,10)54-41/h11-14,22-23,25-26,29-30,46H,15-20H2,1-10H3/t22-,25?,26?,29-,30+,40-/m0/s1. The Balaban J connectivity index is 1.14. The summed E-state index contributed by atoms with van der Waals surface area (Å²) in [5, 5.41) is 10.0. The largest absolute Gasteiger partial charge is 0.514 e. The Labute approximate surface area is 316 Å². The van der Waals surface area contributed by atoms with Crippen LogP contribution in [-0.4, -0.2) is 81.8 Å². The van der Waals surface area contributed by atoms with Crippen molar-refractivity contribution in [2.75, 3.05) is 13.1 Å². The minimum absolute atomic E-state index is 0.00859. The van der Waals surface area contributed by atoms with E-state index in [-0.39, 0.29) is 71.5 Å². The molecule has 1 amide bonds. The average molecular weight is 749 g/mol. The van der Waals surface area contributed by atoms with E-state index < -0.39 is 47.7 Å². The summed E-state index contributed by atoms with van der Waals surface area (Å²) in [5.74, 6) is -0.332. The normalized spacial score (nSPS) is 28.4. The van der Waals surface area contributed by atoms with Crippen LogP contribution in [0.2, 0.25) is 5.82 Å². The van der Waals surface area contributed by atoms with Crippen molar-refractivity contribution < 1.29 is 47.7 Å². The number of carbonyl (C=O) groups is 3. The summed E-state index contributed by atoms with van der Waals surface area (Å²) in [5.41, 5.74) is -1.54. The van der Waals surface area contributed by atoms with Gasteiger partial charge in [-0.1, -0.05) is 19.9 Å². The minimum atomic E-state index is -0.971. The van der Waals surface area contributed by atoms with Crippen LogP contribution in [0.25, 0.3) is 0 Å². The highest BCUT2D eigenvalue weighted by molar-refractivity contribution is 6.49. The summed E-state index contributed by atoms with van der Waals surface area (Å²) in [6.45, 7) is 19.2. The predicted molar refractivity (Wildman–Crippen MR) is 198 cm³/mol. The Morgan fingerprint density at radius 2 is 1.67 bits per heavy atom. The van der Waals surface area contributed by atoms with Crippen LogP contribution >= 0.6 is 0 Å². The molecule has 54 heavy (non-hydrogen) atoms. The Morgan fingerprint density at radius 1 is 0.981 bits per heavy atom. The number of hydrogen-bond acceptors (Lipinski definition) is 11. The van der Waals surface area contributed by atoms with Crippen LogP contribution in [0.5, 0.6) is 17.2 Å². The number of hydrogen-bond donors (Lipinski definition) is 1. The van der Waals surface area contributed by atoms with Crippen LogP contribution in [0.4, 0.5) is 4.79 Å². The van der Waals surface area contributed by atoms with E-state index in [1.807, 2.05) is 6.07 Å². The monoisotopic (exact) mass is 748 g/mol. The highest BCUT2D eigenvalue weighted by Crippen LogP contribution is 2.68. The van der Waals surface area contributed by atoms with E-state index in [4.69, 9.17) is 28.3 Å². The molecule has 2 aliphatic heterocycles. The van der Waals surface area contributed by atoms with Gasteiger partial charge in [0.25, 0.3) is 0 Å². The Kier molecular flexibility index (Phi) is 9.23. The molecule has 4 aliphatic carbocycles. The fraction of sp³-hybridized carbons (Fsp3) is 0.650. The van der Waals surface area contributed by atoms with Gasteiger partial charge in [-0.25, -0.2) is 9.59 Å². The highest BCUT2D eigenvalue weighted by Gasteiger charge is 2.70. The third-order valence-electron chi connectivity index (χ3n) is 12.1. The van der Waals surface area contributed by atoms with Gasteiger partial charge in [0, 0.05) is 18.1 Å². The number of benzene rings is 1. The second-order valence-electron chi connectivity index (χ2n) is 18.5. The van der Waals surface area contributed by atoms with Crippen LogP contribution in [-0.2, 0) is 30.1 Å². The number of nitrogens with zero attached hydrogens (tertiary/aromatic N) is 2. The summed E-state index contributed by atoms with van der Waals surface area (Å²) in [4.78, 5) is 53.8. The lowest BCUT2D eigenvalue weighted by Crippen LogP contribution is -2.65. The first-order valence-corrected chi connectivity index (χ1v) is 19.0. The smallest absolute Gasteiger partial charge is 0.503 e. The van der Waals surface area contributed by atoms with E-state index in [0.29, 0.717) is 29.5 Å². The van der Waals surface area contributed by atoms with Gasteiger partial charge in [-0.2, -0.15) is 0 Å². The van der Waals surface area contributed by atoms with E-state index in [9.17, 15) is 24.3 Å². The summed E-state index contributed by atoms with van der Waals surface area (Å²) < 4.78 is 38.7. The van der Waals surface area contributed by atoms with Gasteiger partial charge < -0.3 is 42.8 Å².